The highest BCUT2D eigenvalue weighted by Crippen LogP contribution is 2.41. The molecule has 6 heteroatoms. The molecule has 1 aliphatic heterocycles. The van der Waals surface area contributed by atoms with Crippen LogP contribution in [0, 0.1) is 0 Å². The van der Waals surface area contributed by atoms with Crippen LogP contribution in [0.1, 0.15) is 29.0 Å². The van der Waals surface area contributed by atoms with Gasteiger partial charge in [0.2, 0.25) is 0 Å². The number of nitrogens with zero attached hydrogens (tertiary/aromatic N) is 3. The summed E-state index contributed by atoms with van der Waals surface area (Å²) in [4.78, 5) is 13.2. The molecule has 0 radical (unpaired) electrons. The van der Waals surface area contributed by atoms with E-state index in [1.165, 1.54) is 4.70 Å². The summed E-state index contributed by atoms with van der Waals surface area (Å²) in [5.41, 5.74) is 4.13. The van der Waals surface area contributed by atoms with Gasteiger partial charge >= 0.3 is 0 Å². The first kappa shape index (κ1) is 16.4. The second kappa shape index (κ2) is 6.72. The highest BCUT2D eigenvalue weighted by atomic mass is 32.1. The van der Waals surface area contributed by atoms with Gasteiger partial charge in [-0.2, -0.15) is 0 Å². The Morgan fingerprint density at radius 2 is 2.07 bits per heavy atom. The van der Waals surface area contributed by atoms with E-state index in [9.17, 15) is 5.11 Å². The van der Waals surface area contributed by atoms with Crippen LogP contribution in [0.4, 0.5) is 0 Å². The molecule has 0 aliphatic carbocycles. The summed E-state index contributed by atoms with van der Waals surface area (Å²) in [6, 6.07) is 15.9. The fourth-order valence-electron chi connectivity index (χ4n) is 3.76. The monoisotopic (exact) mass is 374 g/mol. The molecule has 2 aromatic heterocycles. The van der Waals surface area contributed by atoms with Crippen molar-refractivity contribution in [2.75, 3.05) is 6.54 Å². The van der Waals surface area contributed by atoms with E-state index in [1.807, 2.05) is 18.2 Å². The van der Waals surface area contributed by atoms with Crippen LogP contribution in [0.3, 0.4) is 0 Å². The zero-order valence-corrected chi connectivity index (χ0v) is 15.4. The van der Waals surface area contributed by atoms with Crippen molar-refractivity contribution in [3.63, 3.8) is 0 Å². The molecule has 134 valence electrons. The normalized spacial score (nSPS) is 19.6. The third-order valence-corrected chi connectivity index (χ3v) is 6.20. The van der Waals surface area contributed by atoms with Gasteiger partial charge in [-0.3, -0.25) is 0 Å². The van der Waals surface area contributed by atoms with E-state index >= 15 is 0 Å². The third kappa shape index (κ3) is 3.07. The zero-order valence-electron chi connectivity index (χ0n) is 14.5. The molecule has 0 bridgehead atoms. The molecule has 1 aliphatic rings. The van der Waals surface area contributed by atoms with Crippen LogP contribution in [0.15, 0.2) is 61.1 Å². The molecular formula is C21H18N4OS. The Morgan fingerprint density at radius 1 is 1.11 bits per heavy atom. The van der Waals surface area contributed by atoms with Crippen LogP contribution in [0.25, 0.3) is 21.5 Å². The number of thiazole rings is 1. The van der Waals surface area contributed by atoms with Crippen molar-refractivity contribution in [2.24, 2.45) is 0 Å². The number of nitrogens with one attached hydrogen (secondary N) is 1. The van der Waals surface area contributed by atoms with Crippen molar-refractivity contribution in [1.29, 1.82) is 0 Å². The standard InChI is InChI=1S/C21H18N4OS/c26-15-3-1-2-14(10-15)20-16(6-9-23-20)21-25-18-5-4-13(11-19(18)27-21)17-7-8-22-12-24-17/h1-5,7-8,10-12,16,20,23,26H,6,9H2. The average molecular weight is 374 g/mol. The first-order valence-corrected chi connectivity index (χ1v) is 9.79. The molecule has 3 heterocycles. The first-order valence-electron chi connectivity index (χ1n) is 8.97. The van der Waals surface area contributed by atoms with Crippen LogP contribution in [-0.2, 0) is 0 Å². The lowest BCUT2D eigenvalue weighted by molar-refractivity contribution is 0.472. The highest BCUT2D eigenvalue weighted by molar-refractivity contribution is 7.18. The van der Waals surface area contributed by atoms with Gasteiger partial charge in [-0.1, -0.05) is 18.2 Å². The van der Waals surface area contributed by atoms with Gasteiger partial charge in [0, 0.05) is 23.7 Å². The number of aromatic nitrogens is 3. The number of phenolic OH excluding ortho intramolecular Hbond substituents is 1. The number of fused-ring (bicyclic) bond motifs is 1. The van der Waals surface area contributed by atoms with Crippen molar-refractivity contribution in [3.05, 3.63) is 71.6 Å². The van der Waals surface area contributed by atoms with E-state index in [1.54, 1.807) is 29.9 Å². The van der Waals surface area contributed by atoms with Crippen molar-refractivity contribution >= 4 is 21.6 Å². The summed E-state index contributed by atoms with van der Waals surface area (Å²) in [5, 5.41) is 14.5. The summed E-state index contributed by atoms with van der Waals surface area (Å²) in [6.45, 7) is 0.951. The number of hydrogen-bond acceptors (Lipinski definition) is 6. The minimum absolute atomic E-state index is 0.180. The van der Waals surface area contributed by atoms with Gasteiger partial charge < -0.3 is 10.4 Å². The topological polar surface area (TPSA) is 70.9 Å². The summed E-state index contributed by atoms with van der Waals surface area (Å²) in [7, 11) is 0. The highest BCUT2D eigenvalue weighted by Gasteiger charge is 2.32. The molecule has 2 N–H and O–H groups in total. The number of phenols is 1. The molecule has 0 amide bonds. The van der Waals surface area contributed by atoms with Gasteiger partial charge in [-0.05, 0) is 48.9 Å². The van der Waals surface area contributed by atoms with E-state index < -0.39 is 0 Å². The average Bonchev–Trinajstić information content (AvgIpc) is 3.35. The fraction of sp³-hybridized carbons (Fsp3) is 0.190. The first-order chi connectivity index (χ1) is 13.3. The Balaban J connectivity index is 1.51. The predicted molar refractivity (Wildman–Crippen MR) is 107 cm³/mol. The Kier molecular flexibility index (Phi) is 4.07. The number of rotatable bonds is 3. The van der Waals surface area contributed by atoms with Crippen LogP contribution in [0.2, 0.25) is 0 Å². The maximum absolute atomic E-state index is 9.83. The molecule has 1 fully saturated rings. The van der Waals surface area contributed by atoms with Gasteiger partial charge in [0.25, 0.3) is 0 Å². The molecule has 2 unspecified atom stereocenters. The minimum atomic E-state index is 0.180. The summed E-state index contributed by atoms with van der Waals surface area (Å²) in [6.07, 6.45) is 4.37. The SMILES string of the molecule is Oc1cccc(C2NCCC2c2nc3ccc(-c4ccncn4)cc3s2)c1. The third-order valence-electron chi connectivity index (χ3n) is 5.05. The molecular weight excluding hydrogens is 356 g/mol. The van der Waals surface area contributed by atoms with Crippen LogP contribution < -0.4 is 5.32 Å². The van der Waals surface area contributed by atoms with Gasteiger partial charge in [0.1, 0.15) is 12.1 Å². The summed E-state index contributed by atoms with van der Waals surface area (Å²) in [5.74, 6) is 0.616. The van der Waals surface area contributed by atoms with E-state index in [4.69, 9.17) is 4.98 Å². The molecule has 2 aromatic carbocycles. The fourth-order valence-corrected chi connectivity index (χ4v) is 4.94. The molecule has 5 nitrogen and oxygen atoms in total. The van der Waals surface area contributed by atoms with Crippen LogP contribution >= 0.6 is 11.3 Å². The second-order valence-electron chi connectivity index (χ2n) is 6.75. The lowest BCUT2D eigenvalue weighted by Crippen LogP contribution is -2.16. The van der Waals surface area contributed by atoms with E-state index in [2.05, 4.69) is 39.6 Å². The molecule has 2 atom stereocenters. The summed E-state index contributed by atoms with van der Waals surface area (Å²) >= 11 is 1.75. The van der Waals surface area contributed by atoms with Crippen LogP contribution in [-0.4, -0.2) is 26.6 Å². The van der Waals surface area contributed by atoms with Gasteiger partial charge in [0.15, 0.2) is 0 Å². The van der Waals surface area contributed by atoms with Crippen molar-refractivity contribution in [3.8, 4) is 17.0 Å². The Bertz CT molecular complexity index is 1100. The predicted octanol–water partition coefficient (Wildman–Crippen LogP) is 4.28. The molecule has 5 rings (SSSR count). The smallest absolute Gasteiger partial charge is 0.116 e. The van der Waals surface area contributed by atoms with E-state index in [0.29, 0.717) is 11.7 Å². The van der Waals surface area contributed by atoms with E-state index in [-0.39, 0.29) is 6.04 Å². The second-order valence-corrected chi connectivity index (χ2v) is 7.81. The van der Waals surface area contributed by atoms with Gasteiger partial charge in [-0.25, -0.2) is 15.0 Å². The lowest BCUT2D eigenvalue weighted by atomic mass is 9.94. The Labute approximate surface area is 160 Å². The largest absolute Gasteiger partial charge is 0.508 e. The van der Waals surface area contributed by atoms with Gasteiger partial charge in [0.05, 0.1) is 20.9 Å². The van der Waals surface area contributed by atoms with Crippen molar-refractivity contribution in [2.45, 2.75) is 18.4 Å². The maximum atomic E-state index is 9.83. The minimum Gasteiger partial charge on any atom is -0.508 e. The lowest BCUT2D eigenvalue weighted by Gasteiger charge is -2.18. The number of benzene rings is 2. The Hall–Kier alpha value is -2.83. The zero-order chi connectivity index (χ0) is 18.2. The Morgan fingerprint density at radius 3 is 2.93 bits per heavy atom. The molecule has 1 saturated heterocycles. The molecule has 0 saturated carbocycles. The molecule has 27 heavy (non-hydrogen) atoms. The van der Waals surface area contributed by atoms with E-state index in [0.717, 1.165) is 40.3 Å². The maximum Gasteiger partial charge on any atom is 0.116 e. The molecule has 0 spiro atoms. The number of aromatic hydroxyl groups is 1. The summed E-state index contributed by atoms with van der Waals surface area (Å²) < 4.78 is 1.17. The quantitative estimate of drug-likeness (QED) is 0.560. The van der Waals surface area contributed by atoms with Crippen molar-refractivity contribution < 1.29 is 5.11 Å². The van der Waals surface area contributed by atoms with Crippen molar-refractivity contribution in [1.82, 2.24) is 20.3 Å². The van der Waals surface area contributed by atoms with Crippen LogP contribution in [0.5, 0.6) is 5.75 Å². The number of hydrogen-bond donors (Lipinski definition) is 2. The molecule has 4 aromatic rings. The van der Waals surface area contributed by atoms with Gasteiger partial charge in [-0.15, -0.1) is 11.3 Å².